The van der Waals surface area contributed by atoms with Crippen LogP contribution in [0.2, 0.25) is 0 Å². The first-order chi connectivity index (χ1) is 7.03. The van der Waals surface area contributed by atoms with Crippen LogP contribution in [0.15, 0.2) is 24.4 Å². The number of thioether (sulfide) groups is 1. The van der Waals surface area contributed by atoms with Crippen molar-refractivity contribution in [3.05, 3.63) is 24.4 Å². The van der Waals surface area contributed by atoms with Crippen molar-refractivity contribution in [2.75, 3.05) is 11.9 Å². The van der Waals surface area contributed by atoms with Gasteiger partial charge in [0.15, 0.2) is 0 Å². The SMILES string of the molecule is CC(C)(CO)SC(=S)Nc1ccccn1. The predicted molar refractivity (Wildman–Crippen MR) is 69.2 cm³/mol. The van der Waals surface area contributed by atoms with Crippen LogP contribution < -0.4 is 5.32 Å². The van der Waals surface area contributed by atoms with Gasteiger partial charge in [-0.2, -0.15) is 0 Å². The first kappa shape index (κ1) is 12.4. The molecule has 0 fully saturated rings. The predicted octanol–water partition coefficient (Wildman–Crippen LogP) is 2.28. The molecule has 1 rings (SSSR count). The van der Waals surface area contributed by atoms with Crippen molar-refractivity contribution in [3.63, 3.8) is 0 Å². The summed E-state index contributed by atoms with van der Waals surface area (Å²) in [6.45, 7) is 3.95. The zero-order valence-electron chi connectivity index (χ0n) is 8.73. The molecule has 2 N–H and O–H groups in total. The Hall–Kier alpha value is -0.650. The fourth-order valence-corrected chi connectivity index (χ4v) is 2.35. The number of thiocarbonyl (C=S) groups is 1. The molecule has 0 spiro atoms. The third-order valence-corrected chi connectivity index (χ3v) is 2.97. The van der Waals surface area contributed by atoms with Gasteiger partial charge in [-0.1, -0.05) is 30.0 Å². The highest BCUT2D eigenvalue weighted by Gasteiger charge is 2.19. The van der Waals surface area contributed by atoms with E-state index in [1.807, 2.05) is 32.0 Å². The number of aliphatic hydroxyl groups excluding tert-OH is 1. The highest BCUT2D eigenvalue weighted by molar-refractivity contribution is 8.24. The van der Waals surface area contributed by atoms with Crippen molar-refractivity contribution in [2.24, 2.45) is 0 Å². The lowest BCUT2D eigenvalue weighted by molar-refractivity contribution is 0.265. The van der Waals surface area contributed by atoms with Crippen molar-refractivity contribution in [1.29, 1.82) is 0 Å². The van der Waals surface area contributed by atoms with Crippen LogP contribution in [0.25, 0.3) is 0 Å². The molecule has 82 valence electrons. The van der Waals surface area contributed by atoms with Gasteiger partial charge in [0.2, 0.25) is 0 Å². The van der Waals surface area contributed by atoms with E-state index >= 15 is 0 Å². The van der Waals surface area contributed by atoms with E-state index in [9.17, 15) is 0 Å². The Morgan fingerprint density at radius 1 is 1.60 bits per heavy atom. The average Bonchev–Trinajstić information content (AvgIpc) is 2.18. The van der Waals surface area contributed by atoms with Gasteiger partial charge in [0.25, 0.3) is 0 Å². The monoisotopic (exact) mass is 242 g/mol. The molecule has 0 saturated heterocycles. The Labute approximate surface area is 99.3 Å². The van der Waals surface area contributed by atoms with Crippen LogP contribution in [0.1, 0.15) is 13.8 Å². The molecule has 0 aliphatic heterocycles. The summed E-state index contributed by atoms with van der Waals surface area (Å²) in [6.07, 6.45) is 1.70. The maximum absolute atomic E-state index is 9.09. The minimum atomic E-state index is -0.265. The van der Waals surface area contributed by atoms with Crippen LogP contribution in [-0.4, -0.2) is 25.8 Å². The molecular formula is C10H14N2OS2. The zero-order valence-corrected chi connectivity index (χ0v) is 10.4. The Kier molecular flexibility index (Phi) is 4.50. The molecule has 0 aromatic carbocycles. The molecule has 0 bridgehead atoms. The van der Waals surface area contributed by atoms with Crippen molar-refractivity contribution in [3.8, 4) is 0 Å². The summed E-state index contributed by atoms with van der Waals surface area (Å²) in [5.74, 6) is 0.726. The number of anilines is 1. The number of hydrogen-bond acceptors (Lipinski definition) is 4. The summed E-state index contributed by atoms with van der Waals surface area (Å²) in [5, 5.41) is 12.1. The molecule has 0 amide bonds. The van der Waals surface area contributed by atoms with E-state index in [-0.39, 0.29) is 11.4 Å². The number of aromatic nitrogens is 1. The van der Waals surface area contributed by atoms with Crippen molar-refractivity contribution in [2.45, 2.75) is 18.6 Å². The third kappa shape index (κ3) is 4.59. The molecular weight excluding hydrogens is 228 g/mol. The van der Waals surface area contributed by atoms with Gasteiger partial charge in [-0.3, -0.25) is 0 Å². The van der Waals surface area contributed by atoms with E-state index in [0.717, 1.165) is 5.82 Å². The molecule has 5 heteroatoms. The van der Waals surface area contributed by atoms with E-state index in [1.54, 1.807) is 6.20 Å². The number of pyridine rings is 1. The maximum atomic E-state index is 9.09. The van der Waals surface area contributed by atoms with Gasteiger partial charge in [0.05, 0.1) is 6.61 Å². The summed E-state index contributed by atoms with van der Waals surface area (Å²) < 4.78 is 0.353. The Morgan fingerprint density at radius 2 is 2.33 bits per heavy atom. The van der Waals surface area contributed by atoms with Gasteiger partial charge in [-0.15, -0.1) is 0 Å². The fraction of sp³-hybridized carbons (Fsp3) is 0.400. The van der Waals surface area contributed by atoms with Crippen molar-refractivity contribution >= 4 is 34.1 Å². The lowest BCUT2D eigenvalue weighted by Gasteiger charge is -2.21. The molecule has 15 heavy (non-hydrogen) atoms. The Bertz CT molecular complexity index is 327. The molecule has 3 nitrogen and oxygen atoms in total. The first-order valence-electron chi connectivity index (χ1n) is 4.55. The smallest absolute Gasteiger partial charge is 0.139 e. The lowest BCUT2D eigenvalue weighted by atomic mass is 10.2. The van der Waals surface area contributed by atoms with Crippen molar-refractivity contribution in [1.82, 2.24) is 4.98 Å². The zero-order chi connectivity index (χ0) is 11.3. The second-order valence-corrected chi connectivity index (χ2v) is 6.03. The standard InChI is InChI=1S/C10H14N2OS2/c1-10(2,7-13)15-9(14)12-8-5-3-4-6-11-8/h3-6,13H,7H2,1-2H3,(H,11,12,14). The summed E-state index contributed by atoms with van der Waals surface area (Å²) in [4.78, 5) is 4.10. The van der Waals surface area contributed by atoms with Crippen molar-refractivity contribution < 1.29 is 5.11 Å². The average molecular weight is 242 g/mol. The van der Waals surface area contributed by atoms with Gasteiger partial charge < -0.3 is 10.4 Å². The third-order valence-electron chi connectivity index (χ3n) is 1.64. The molecule has 0 aliphatic rings. The van der Waals surface area contributed by atoms with Gasteiger partial charge in [-0.25, -0.2) is 4.98 Å². The summed E-state index contributed by atoms with van der Waals surface area (Å²) in [7, 11) is 0. The highest BCUT2D eigenvalue weighted by Crippen LogP contribution is 2.25. The molecule has 1 aromatic rings. The van der Waals surface area contributed by atoms with Gasteiger partial charge in [0.1, 0.15) is 10.1 Å². The molecule has 1 aromatic heterocycles. The maximum Gasteiger partial charge on any atom is 0.139 e. The van der Waals surface area contributed by atoms with E-state index in [0.29, 0.717) is 4.32 Å². The number of nitrogens with one attached hydrogen (secondary N) is 1. The first-order valence-corrected chi connectivity index (χ1v) is 5.78. The second kappa shape index (κ2) is 5.44. The van der Waals surface area contributed by atoms with Gasteiger partial charge in [0, 0.05) is 10.9 Å². The van der Waals surface area contributed by atoms with Gasteiger partial charge in [-0.05, 0) is 26.0 Å². The van der Waals surface area contributed by atoms with Gasteiger partial charge >= 0.3 is 0 Å². The molecule has 0 unspecified atom stereocenters. The molecule has 0 radical (unpaired) electrons. The number of rotatable bonds is 3. The fourth-order valence-electron chi connectivity index (χ4n) is 0.850. The summed E-state index contributed by atoms with van der Waals surface area (Å²) >= 11 is 6.58. The topological polar surface area (TPSA) is 45.1 Å². The Morgan fingerprint density at radius 3 is 2.87 bits per heavy atom. The molecule has 0 saturated carbocycles. The number of aliphatic hydroxyl groups is 1. The van der Waals surface area contributed by atoms with Crippen LogP contribution in [-0.2, 0) is 0 Å². The van der Waals surface area contributed by atoms with Crippen LogP contribution in [0, 0.1) is 0 Å². The summed E-state index contributed by atoms with van der Waals surface area (Å²) in [5.41, 5.74) is 0. The van der Waals surface area contributed by atoms with E-state index in [1.165, 1.54) is 11.8 Å². The molecule has 0 atom stereocenters. The number of nitrogens with zero attached hydrogens (tertiary/aromatic N) is 1. The molecule has 0 aliphatic carbocycles. The second-order valence-electron chi connectivity index (χ2n) is 3.65. The van der Waals surface area contributed by atoms with Crippen LogP contribution in [0.4, 0.5) is 5.82 Å². The highest BCUT2D eigenvalue weighted by atomic mass is 32.2. The minimum absolute atomic E-state index is 0.0850. The van der Waals surface area contributed by atoms with E-state index in [2.05, 4.69) is 10.3 Å². The van der Waals surface area contributed by atoms with E-state index < -0.39 is 0 Å². The number of hydrogen-bond donors (Lipinski definition) is 2. The van der Waals surface area contributed by atoms with Crippen LogP contribution in [0.3, 0.4) is 0 Å². The lowest BCUT2D eigenvalue weighted by Crippen LogP contribution is -2.24. The van der Waals surface area contributed by atoms with E-state index in [4.69, 9.17) is 17.3 Å². The van der Waals surface area contributed by atoms with Crippen LogP contribution >= 0.6 is 24.0 Å². The Balaban J connectivity index is 2.51. The largest absolute Gasteiger partial charge is 0.395 e. The molecule has 1 heterocycles. The minimum Gasteiger partial charge on any atom is -0.395 e. The normalized spacial score (nSPS) is 11.1. The summed E-state index contributed by atoms with van der Waals surface area (Å²) in [6, 6.07) is 5.58. The van der Waals surface area contributed by atoms with Crippen LogP contribution in [0.5, 0.6) is 0 Å². The quantitative estimate of drug-likeness (QED) is 0.796.